The monoisotopic (exact) mass is 491 g/mol. The average molecular weight is 491 g/mol. The van der Waals surface area contributed by atoms with Crippen molar-refractivity contribution in [2.45, 2.75) is 18.9 Å². The van der Waals surface area contributed by atoms with Gasteiger partial charge in [-0.15, -0.1) is 5.10 Å². The molecule has 0 saturated carbocycles. The average Bonchev–Trinajstić information content (AvgIpc) is 3.25. The zero-order chi connectivity index (χ0) is 25.4. The molecule has 2 heterocycles. The van der Waals surface area contributed by atoms with E-state index in [9.17, 15) is 31.1 Å². The van der Waals surface area contributed by atoms with Gasteiger partial charge in [0.1, 0.15) is 11.4 Å². The van der Waals surface area contributed by atoms with Crippen LogP contribution >= 0.6 is 0 Å². The van der Waals surface area contributed by atoms with Crippen LogP contribution in [0.25, 0.3) is 5.69 Å². The minimum atomic E-state index is -5.08. The molecule has 0 unspecified atom stereocenters. The molecule has 0 aliphatic heterocycles. The summed E-state index contributed by atoms with van der Waals surface area (Å²) >= 11 is 0. The third kappa shape index (κ3) is 8.40. The first kappa shape index (κ1) is 26.1. The molecule has 0 atom stereocenters. The van der Waals surface area contributed by atoms with Gasteiger partial charge in [-0.05, 0) is 30.3 Å². The number of carboxylic acids is 1. The summed E-state index contributed by atoms with van der Waals surface area (Å²) in [5.74, 6) is -3.29. The quantitative estimate of drug-likeness (QED) is 0.509. The lowest BCUT2D eigenvalue weighted by atomic mass is 10.2. The third-order valence-electron chi connectivity index (χ3n) is 3.71. The Hall–Kier alpha value is -4.17. The topological polar surface area (TPSA) is 119 Å². The van der Waals surface area contributed by atoms with Crippen LogP contribution in [-0.2, 0) is 22.3 Å². The summed E-state index contributed by atoms with van der Waals surface area (Å²) in [6.45, 7) is -0.310. The van der Waals surface area contributed by atoms with E-state index >= 15 is 0 Å². The molecule has 2 aromatic heterocycles. The standard InChI is InChI=1S/C17H14F3N5O2.C2HF3O2/c18-17(19,20)12-2-1-3-15(8-12)27-11-16(26)22-9-13-10-25(24-23-13)14-4-6-21-7-5-14;3-2(4,5)1(6)7/h1-8,10H,9,11H2,(H,22,26);(H,6,7). The number of aromatic nitrogens is 4. The molecule has 2 N–H and O–H groups in total. The van der Waals surface area contributed by atoms with Crippen molar-refractivity contribution >= 4 is 11.9 Å². The van der Waals surface area contributed by atoms with Crippen LogP contribution in [-0.4, -0.2) is 49.7 Å². The molecule has 3 aromatic rings. The van der Waals surface area contributed by atoms with Crippen LogP contribution in [0.5, 0.6) is 5.75 Å². The highest BCUT2D eigenvalue weighted by Gasteiger charge is 2.38. The number of nitrogens with one attached hydrogen (secondary N) is 1. The van der Waals surface area contributed by atoms with Crippen LogP contribution in [0, 0.1) is 0 Å². The van der Waals surface area contributed by atoms with Crippen molar-refractivity contribution in [2.24, 2.45) is 0 Å². The van der Waals surface area contributed by atoms with Crippen molar-refractivity contribution < 1.29 is 45.8 Å². The molecule has 182 valence electrons. The Morgan fingerprint density at radius 3 is 2.29 bits per heavy atom. The van der Waals surface area contributed by atoms with Gasteiger partial charge in [0.25, 0.3) is 5.91 Å². The van der Waals surface area contributed by atoms with Gasteiger partial charge in [0.15, 0.2) is 6.61 Å². The lowest BCUT2D eigenvalue weighted by molar-refractivity contribution is -0.192. The first-order valence-corrected chi connectivity index (χ1v) is 9.05. The molecule has 0 fully saturated rings. The summed E-state index contributed by atoms with van der Waals surface area (Å²) < 4.78 is 76.3. The van der Waals surface area contributed by atoms with Crippen molar-refractivity contribution in [3.63, 3.8) is 0 Å². The third-order valence-corrected chi connectivity index (χ3v) is 3.71. The zero-order valence-corrected chi connectivity index (χ0v) is 16.8. The van der Waals surface area contributed by atoms with E-state index in [0.717, 1.165) is 17.8 Å². The van der Waals surface area contributed by atoms with E-state index in [-0.39, 0.29) is 12.3 Å². The summed E-state index contributed by atoms with van der Waals surface area (Å²) in [7, 11) is 0. The number of carbonyl (C=O) groups is 2. The lowest BCUT2D eigenvalue weighted by Crippen LogP contribution is -2.28. The van der Waals surface area contributed by atoms with E-state index in [4.69, 9.17) is 14.6 Å². The Morgan fingerprint density at radius 2 is 1.71 bits per heavy atom. The first-order valence-electron chi connectivity index (χ1n) is 9.05. The number of carbonyl (C=O) groups excluding carboxylic acids is 1. The minimum Gasteiger partial charge on any atom is -0.484 e. The number of carboxylic acid groups (broad SMARTS) is 1. The van der Waals surface area contributed by atoms with Gasteiger partial charge in [-0.25, -0.2) is 9.48 Å². The highest BCUT2D eigenvalue weighted by molar-refractivity contribution is 5.77. The predicted octanol–water partition coefficient (Wildman–Crippen LogP) is 3.01. The predicted molar refractivity (Wildman–Crippen MR) is 102 cm³/mol. The number of amides is 1. The van der Waals surface area contributed by atoms with E-state index in [2.05, 4.69) is 20.6 Å². The SMILES string of the molecule is O=C(COc1cccc(C(F)(F)F)c1)NCc1cn(-c2ccncc2)nn1.O=C(O)C(F)(F)F. The molecular weight excluding hydrogens is 476 g/mol. The fourth-order valence-corrected chi connectivity index (χ4v) is 2.15. The molecule has 0 radical (unpaired) electrons. The van der Waals surface area contributed by atoms with Crippen molar-refractivity contribution in [3.8, 4) is 11.4 Å². The maximum atomic E-state index is 12.6. The van der Waals surface area contributed by atoms with Crippen LogP contribution < -0.4 is 10.1 Å². The maximum Gasteiger partial charge on any atom is 0.490 e. The Labute approximate surface area is 187 Å². The molecule has 1 aromatic carbocycles. The van der Waals surface area contributed by atoms with Crippen molar-refractivity contribution in [1.29, 1.82) is 0 Å². The number of nitrogens with zero attached hydrogens (tertiary/aromatic N) is 4. The van der Waals surface area contributed by atoms with E-state index in [0.29, 0.717) is 5.69 Å². The van der Waals surface area contributed by atoms with Gasteiger partial charge in [-0.1, -0.05) is 11.3 Å². The second kappa shape index (κ2) is 11.1. The van der Waals surface area contributed by atoms with Crippen molar-refractivity contribution in [2.75, 3.05) is 6.61 Å². The second-order valence-corrected chi connectivity index (χ2v) is 6.25. The number of benzene rings is 1. The van der Waals surface area contributed by atoms with Gasteiger partial charge in [-0.2, -0.15) is 26.3 Å². The lowest BCUT2D eigenvalue weighted by Gasteiger charge is -2.10. The highest BCUT2D eigenvalue weighted by Crippen LogP contribution is 2.31. The smallest absolute Gasteiger partial charge is 0.484 e. The van der Waals surface area contributed by atoms with E-state index in [1.165, 1.54) is 16.8 Å². The van der Waals surface area contributed by atoms with Crippen LogP contribution in [0.2, 0.25) is 0 Å². The van der Waals surface area contributed by atoms with Gasteiger partial charge in [0.2, 0.25) is 0 Å². The molecule has 9 nitrogen and oxygen atoms in total. The Kier molecular flexibility index (Phi) is 8.52. The normalized spacial score (nSPS) is 11.2. The van der Waals surface area contributed by atoms with Gasteiger partial charge < -0.3 is 15.2 Å². The van der Waals surface area contributed by atoms with Gasteiger partial charge >= 0.3 is 18.3 Å². The van der Waals surface area contributed by atoms with Crippen LogP contribution in [0.1, 0.15) is 11.3 Å². The number of rotatable bonds is 6. The highest BCUT2D eigenvalue weighted by atomic mass is 19.4. The number of hydrogen-bond donors (Lipinski definition) is 2. The van der Waals surface area contributed by atoms with Gasteiger partial charge in [-0.3, -0.25) is 9.78 Å². The first-order chi connectivity index (χ1) is 15.9. The molecule has 15 heteroatoms. The molecule has 0 bridgehead atoms. The number of ether oxygens (including phenoxy) is 1. The number of pyridine rings is 1. The fraction of sp³-hybridized carbons (Fsp3) is 0.211. The number of alkyl halides is 6. The summed E-state index contributed by atoms with van der Waals surface area (Å²) in [6.07, 6.45) is -4.68. The zero-order valence-electron chi connectivity index (χ0n) is 16.8. The molecule has 0 spiro atoms. The van der Waals surface area contributed by atoms with Gasteiger partial charge in [0.05, 0.1) is 24.0 Å². The van der Waals surface area contributed by atoms with E-state index in [1.807, 2.05) is 0 Å². The summed E-state index contributed by atoms with van der Waals surface area (Å²) in [4.78, 5) is 24.6. The minimum absolute atomic E-state index is 0.0383. The Balaban J connectivity index is 0.000000509. The number of halogens is 6. The van der Waals surface area contributed by atoms with Crippen LogP contribution in [0.3, 0.4) is 0 Å². The summed E-state index contributed by atoms with van der Waals surface area (Å²) in [5, 5.41) is 17.6. The van der Waals surface area contributed by atoms with Crippen molar-refractivity contribution in [3.05, 3.63) is 66.2 Å². The Morgan fingerprint density at radius 1 is 1.06 bits per heavy atom. The van der Waals surface area contributed by atoms with E-state index in [1.54, 1.807) is 30.7 Å². The van der Waals surface area contributed by atoms with E-state index < -0.39 is 36.4 Å². The van der Waals surface area contributed by atoms with Crippen LogP contribution in [0.4, 0.5) is 26.3 Å². The van der Waals surface area contributed by atoms with Crippen molar-refractivity contribution in [1.82, 2.24) is 25.3 Å². The van der Waals surface area contributed by atoms with Gasteiger partial charge in [0, 0.05) is 12.4 Å². The summed E-state index contributed by atoms with van der Waals surface area (Å²) in [5.41, 5.74) is 0.440. The molecule has 1 amide bonds. The second-order valence-electron chi connectivity index (χ2n) is 6.25. The molecular formula is C19H15F6N5O4. The fourth-order valence-electron chi connectivity index (χ4n) is 2.15. The number of hydrogen-bond acceptors (Lipinski definition) is 6. The molecule has 0 aliphatic carbocycles. The Bertz CT molecular complexity index is 1100. The van der Waals surface area contributed by atoms with Crippen LogP contribution in [0.15, 0.2) is 55.0 Å². The summed E-state index contributed by atoms with van der Waals surface area (Å²) in [6, 6.07) is 7.84. The largest absolute Gasteiger partial charge is 0.490 e. The molecule has 34 heavy (non-hydrogen) atoms. The molecule has 0 saturated heterocycles. The maximum absolute atomic E-state index is 12.6. The molecule has 3 rings (SSSR count). The number of aliphatic carboxylic acids is 1. The molecule has 0 aliphatic rings.